The molecule has 2 aromatic heterocycles. The zero-order valence-corrected chi connectivity index (χ0v) is 10.3. The molecule has 4 heteroatoms. The maximum atomic E-state index is 4.37. The Kier molecular flexibility index (Phi) is 3.03. The summed E-state index contributed by atoms with van der Waals surface area (Å²) in [5, 5.41) is 6.66. The Morgan fingerprint density at radius 2 is 2.43 bits per heavy atom. The molecular formula is C10H11BrN2S. The van der Waals surface area contributed by atoms with Crippen molar-refractivity contribution in [3.05, 3.63) is 22.1 Å². The molecule has 0 atom stereocenters. The molecule has 0 saturated carbocycles. The van der Waals surface area contributed by atoms with Crippen LogP contribution in [0, 0.1) is 0 Å². The summed E-state index contributed by atoms with van der Waals surface area (Å²) < 4.78 is 2.30. The largest absolute Gasteiger partial charge is 0.369 e. The first-order valence-corrected chi connectivity index (χ1v) is 6.25. The lowest BCUT2D eigenvalue weighted by Gasteiger charge is -2.05. The molecule has 0 spiro atoms. The van der Waals surface area contributed by atoms with Gasteiger partial charge in [-0.05, 0) is 33.8 Å². The summed E-state index contributed by atoms with van der Waals surface area (Å²) in [6, 6.07) is 2.11. The molecule has 2 rings (SSSR count). The molecule has 0 aliphatic carbocycles. The average Bonchev–Trinajstić information content (AvgIpc) is 2.66. The molecule has 74 valence electrons. The summed E-state index contributed by atoms with van der Waals surface area (Å²) >= 11 is 5.22. The molecule has 0 saturated heterocycles. The second-order valence-corrected chi connectivity index (χ2v) is 4.82. The van der Waals surface area contributed by atoms with E-state index >= 15 is 0 Å². The summed E-state index contributed by atoms with van der Waals surface area (Å²) in [6.45, 7) is 3.12. The Morgan fingerprint density at radius 3 is 3.21 bits per heavy atom. The van der Waals surface area contributed by atoms with Gasteiger partial charge in [-0.25, -0.2) is 4.98 Å². The fraction of sp³-hybridized carbons (Fsp3) is 0.300. The van der Waals surface area contributed by atoms with E-state index in [4.69, 9.17) is 0 Å². The SMILES string of the molecule is CCCNc1ncc(Br)c2ccsc12. The normalized spacial score (nSPS) is 10.7. The van der Waals surface area contributed by atoms with Crippen molar-refractivity contribution < 1.29 is 0 Å². The summed E-state index contributed by atoms with van der Waals surface area (Å²) in [7, 11) is 0. The Morgan fingerprint density at radius 1 is 1.57 bits per heavy atom. The van der Waals surface area contributed by atoms with Gasteiger partial charge in [-0.15, -0.1) is 11.3 Å². The summed E-state index contributed by atoms with van der Waals surface area (Å²) in [5.74, 6) is 1.00. The highest BCUT2D eigenvalue weighted by Crippen LogP contribution is 2.32. The van der Waals surface area contributed by atoms with Gasteiger partial charge in [0.05, 0.1) is 4.70 Å². The van der Waals surface area contributed by atoms with Crippen LogP contribution in [0.15, 0.2) is 22.1 Å². The third kappa shape index (κ3) is 1.77. The van der Waals surface area contributed by atoms with E-state index in [1.807, 2.05) is 6.20 Å². The second-order valence-electron chi connectivity index (χ2n) is 3.04. The maximum Gasteiger partial charge on any atom is 0.144 e. The van der Waals surface area contributed by atoms with Crippen molar-refractivity contribution in [2.24, 2.45) is 0 Å². The molecule has 0 amide bonds. The van der Waals surface area contributed by atoms with Crippen LogP contribution in [0.25, 0.3) is 10.1 Å². The Balaban J connectivity index is 2.45. The first-order valence-electron chi connectivity index (χ1n) is 4.58. The van der Waals surface area contributed by atoms with Crippen LogP contribution in [0.4, 0.5) is 5.82 Å². The van der Waals surface area contributed by atoms with Gasteiger partial charge >= 0.3 is 0 Å². The lowest BCUT2D eigenvalue weighted by molar-refractivity contribution is 0.972. The minimum Gasteiger partial charge on any atom is -0.369 e. The number of fused-ring (bicyclic) bond motifs is 1. The maximum absolute atomic E-state index is 4.37. The van der Waals surface area contributed by atoms with E-state index in [1.165, 1.54) is 10.1 Å². The van der Waals surface area contributed by atoms with Gasteiger partial charge in [0.15, 0.2) is 0 Å². The molecule has 14 heavy (non-hydrogen) atoms. The quantitative estimate of drug-likeness (QED) is 0.916. The zero-order chi connectivity index (χ0) is 9.97. The average molecular weight is 271 g/mol. The van der Waals surface area contributed by atoms with Crippen LogP contribution >= 0.6 is 27.3 Å². The van der Waals surface area contributed by atoms with Gasteiger partial charge in [-0.1, -0.05) is 6.92 Å². The standard InChI is InChI=1S/C10H11BrN2S/c1-2-4-12-10-9-7(3-5-14-9)8(11)6-13-10/h3,5-6H,2,4H2,1H3,(H,12,13). The third-order valence-corrected chi connectivity index (χ3v) is 3.54. The first kappa shape index (κ1) is 9.93. The van der Waals surface area contributed by atoms with E-state index in [2.05, 4.69) is 44.6 Å². The zero-order valence-electron chi connectivity index (χ0n) is 7.88. The molecule has 1 N–H and O–H groups in total. The first-order chi connectivity index (χ1) is 6.83. The van der Waals surface area contributed by atoms with E-state index in [1.54, 1.807) is 11.3 Å². The van der Waals surface area contributed by atoms with E-state index in [9.17, 15) is 0 Å². The lowest BCUT2D eigenvalue weighted by atomic mass is 10.3. The van der Waals surface area contributed by atoms with Crippen molar-refractivity contribution in [1.29, 1.82) is 0 Å². The summed E-state index contributed by atoms with van der Waals surface area (Å²) in [4.78, 5) is 4.37. The van der Waals surface area contributed by atoms with E-state index < -0.39 is 0 Å². The summed E-state index contributed by atoms with van der Waals surface area (Å²) in [5.41, 5.74) is 0. The molecule has 2 nitrogen and oxygen atoms in total. The van der Waals surface area contributed by atoms with Crippen LogP contribution in [0.3, 0.4) is 0 Å². The Bertz CT molecular complexity index is 439. The van der Waals surface area contributed by atoms with Crippen molar-refractivity contribution in [3.63, 3.8) is 0 Å². The number of nitrogens with zero attached hydrogens (tertiary/aromatic N) is 1. The number of nitrogens with one attached hydrogen (secondary N) is 1. The molecule has 0 unspecified atom stereocenters. The molecule has 0 fully saturated rings. The van der Waals surface area contributed by atoms with Crippen molar-refractivity contribution in [2.75, 3.05) is 11.9 Å². The molecule has 0 bridgehead atoms. The van der Waals surface area contributed by atoms with Crippen LogP contribution in [-0.2, 0) is 0 Å². The number of thiophene rings is 1. The third-order valence-electron chi connectivity index (χ3n) is 1.99. The van der Waals surface area contributed by atoms with Crippen LogP contribution in [0.1, 0.15) is 13.3 Å². The van der Waals surface area contributed by atoms with Gasteiger partial charge in [0.2, 0.25) is 0 Å². The predicted molar refractivity (Wildman–Crippen MR) is 66.1 cm³/mol. The lowest BCUT2D eigenvalue weighted by Crippen LogP contribution is -2.01. The van der Waals surface area contributed by atoms with Gasteiger partial charge < -0.3 is 5.32 Å². The van der Waals surface area contributed by atoms with Crippen LogP contribution in [0.5, 0.6) is 0 Å². The van der Waals surface area contributed by atoms with Gasteiger partial charge in [0.25, 0.3) is 0 Å². The number of aromatic nitrogens is 1. The monoisotopic (exact) mass is 270 g/mol. The number of rotatable bonds is 3. The van der Waals surface area contributed by atoms with Crippen molar-refractivity contribution in [1.82, 2.24) is 4.98 Å². The van der Waals surface area contributed by atoms with Crippen molar-refractivity contribution in [2.45, 2.75) is 13.3 Å². The number of hydrogen-bond donors (Lipinski definition) is 1. The molecule has 2 heterocycles. The minimum absolute atomic E-state index is 0.974. The number of pyridine rings is 1. The van der Waals surface area contributed by atoms with Crippen molar-refractivity contribution in [3.8, 4) is 0 Å². The molecule has 0 aliphatic rings. The highest BCUT2D eigenvalue weighted by Gasteiger charge is 2.05. The van der Waals surface area contributed by atoms with Gasteiger partial charge in [-0.3, -0.25) is 0 Å². The van der Waals surface area contributed by atoms with E-state index in [0.29, 0.717) is 0 Å². The van der Waals surface area contributed by atoms with Gasteiger partial charge in [-0.2, -0.15) is 0 Å². The topological polar surface area (TPSA) is 24.9 Å². The van der Waals surface area contributed by atoms with Crippen LogP contribution in [0.2, 0.25) is 0 Å². The Hall–Kier alpha value is -0.610. The van der Waals surface area contributed by atoms with Gasteiger partial charge in [0, 0.05) is 22.6 Å². The minimum atomic E-state index is 0.974. The molecule has 0 radical (unpaired) electrons. The van der Waals surface area contributed by atoms with Crippen molar-refractivity contribution >= 4 is 43.2 Å². The fourth-order valence-corrected chi connectivity index (χ4v) is 2.75. The fourth-order valence-electron chi connectivity index (χ4n) is 1.30. The highest BCUT2D eigenvalue weighted by atomic mass is 79.9. The number of anilines is 1. The van der Waals surface area contributed by atoms with Crippen LogP contribution < -0.4 is 5.32 Å². The number of hydrogen-bond acceptors (Lipinski definition) is 3. The smallest absolute Gasteiger partial charge is 0.144 e. The highest BCUT2D eigenvalue weighted by molar-refractivity contribution is 9.10. The molecule has 0 aliphatic heterocycles. The van der Waals surface area contributed by atoms with E-state index in [0.717, 1.165) is 23.3 Å². The molecule has 2 aromatic rings. The van der Waals surface area contributed by atoms with Crippen LogP contribution in [-0.4, -0.2) is 11.5 Å². The van der Waals surface area contributed by atoms with E-state index in [-0.39, 0.29) is 0 Å². The predicted octanol–water partition coefficient (Wildman–Crippen LogP) is 3.88. The second kappa shape index (κ2) is 4.28. The molecular weight excluding hydrogens is 260 g/mol. The Labute approximate surface area is 95.5 Å². The van der Waals surface area contributed by atoms with Gasteiger partial charge in [0.1, 0.15) is 5.82 Å². The summed E-state index contributed by atoms with van der Waals surface area (Å²) in [6.07, 6.45) is 2.97. The molecule has 0 aromatic carbocycles. The number of halogens is 1.